The number of primary amides is 1. The zero-order chi connectivity index (χ0) is 15.1. The number of nitrogens with zero attached hydrogens (tertiary/aromatic N) is 1. The van der Waals surface area contributed by atoms with Crippen LogP contribution < -0.4 is 10.5 Å². The van der Waals surface area contributed by atoms with Crippen LogP contribution in [0.2, 0.25) is 0 Å². The first-order chi connectivity index (χ1) is 9.22. The van der Waals surface area contributed by atoms with Crippen molar-refractivity contribution in [2.24, 2.45) is 18.7 Å². The fraction of sp³-hybridized carbons (Fsp3) is 0.455. The first-order valence-corrected chi connectivity index (χ1v) is 7.42. The average molecular weight is 301 g/mol. The number of amides is 1. The lowest BCUT2D eigenvalue weighted by Crippen LogP contribution is -2.42. The van der Waals surface area contributed by atoms with E-state index >= 15 is 0 Å². The molecule has 1 fully saturated rings. The summed E-state index contributed by atoms with van der Waals surface area (Å²) in [6.07, 6.45) is 2.58. The monoisotopic (exact) mass is 301 g/mol. The lowest BCUT2D eigenvalue weighted by Gasteiger charge is -2.12. The number of aliphatic carboxylic acids is 1. The highest BCUT2D eigenvalue weighted by Crippen LogP contribution is 2.33. The molecule has 1 unspecified atom stereocenters. The molecule has 0 aliphatic heterocycles. The molecule has 1 aromatic heterocycles. The molecular formula is C11H15N3O5S. The van der Waals surface area contributed by atoms with Gasteiger partial charge in [0, 0.05) is 13.2 Å². The minimum absolute atomic E-state index is 0.0312. The van der Waals surface area contributed by atoms with E-state index in [9.17, 15) is 18.0 Å². The van der Waals surface area contributed by atoms with E-state index in [1.165, 1.54) is 17.8 Å². The Labute approximate surface area is 115 Å². The van der Waals surface area contributed by atoms with E-state index in [1.54, 1.807) is 0 Å². The van der Waals surface area contributed by atoms with Crippen molar-refractivity contribution in [3.8, 4) is 0 Å². The van der Waals surface area contributed by atoms with Gasteiger partial charge < -0.3 is 15.4 Å². The molecule has 1 amide bonds. The predicted molar refractivity (Wildman–Crippen MR) is 68.4 cm³/mol. The summed E-state index contributed by atoms with van der Waals surface area (Å²) in [5, 5.41) is 9.04. The molecule has 2 rings (SSSR count). The SMILES string of the molecule is Cn1cc(S(=O)(=O)NC(C(=O)O)C2CC2)cc1C(N)=O. The van der Waals surface area contributed by atoms with Crippen molar-refractivity contribution in [2.45, 2.75) is 23.8 Å². The number of carboxylic acids is 1. The molecule has 1 aliphatic carbocycles. The number of hydrogen-bond acceptors (Lipinski definition) is 4. The topological polar surface area (TPSA) is 131 Å². The van der Waals surface area contributed by atoms with Crippen LogP contribution in [0.1, 0.15) is 23.3 Å². The van der Waals surface area contributed by atoms with Crippen LogP contribution in [-0.2, 0) is 21.9 Å². The molecule has 1 aliphatic rings. The van der Waals surface area contributed by atoms with E-state index in [4.69, 9.17) is 10.8 Å². The summed E-state index contributed by atoms with van der Waals surface area (Å²) in [5.74, 6) is -2.14. The maximum absolute atomic E-state index is 12.1. The van der Waals surface area contributed by atoms with Gasteiger partial charge in [-0.25, -0.2) is 8.42 Å². The highest BCUT2D eigenvalue weighted by Gasteiger charge is 2.39. The summed E-state index contributed by atoms with van der Waals surface area (Å²) >= 11 is 0. The summed E-state index contributed by atoms with van der Waals surface area (Å²) in [5.41, 5.74) is 5.14. The Bertz CT molecular complexity index is 660. The maximum atomic E-state index is 12.1. The number of carboxylic acid groups (broad SMARTS) is 1. The van der Waals surface area contributed by atoms with Crippen LogP contribution in [-0.4, -0.2) is 36.0 Å². The second-order valence-corrected chi connectivity index (χ2v) is 6.52. The first kappa shape index (κ1) is 14.5. The number of carbonyl (C=O) groups excluding carboxylic acids is 1. The molecule has 20 heavy (non-hydrogen) atoms. The number of aryl methyl sites for hydroxylation is 1. The van der Waals surface area contributed by atoms with Gasteiger partial charge in [0.15, 0.2) is 0 Å². The van der Waals surface area contributed by atoms with Gasteiger partial charge in [0.25, 0.3) is 5.91 Å². The van der Waals surface area contributed by atoms with E-state index in [0.717, 1.165) is 6.07 Å². The number of rotatable bonds is 6. The predicted octanol–water partition coefficient (Wildman–Crippen LogP) is -0.734. The summed E-state index contributed by atoms with van der Waals surface area (Å²) < 4.78 is 27.7. The van der Waals surface area contributed by atoms with Gasteiger partial charge in [0.2, 0.25) is 10.0 Å². The molecule has 110 valence electrons. The lowest BCUT2D eigenvalue weighted by atomic mass is 10.2. The molecule has 0 saturated heterocycles. The number of hydrogen-bond donors (Lipinski definition) is 3. The van der Waals surface area contributed by atoms with Crippen molar-refractivity contribution in [2.75, 3.05) is 0 Å². The minimum Gasteiger partial charge on any atom is -0.480 e. The molecular weight excluding hydrogens is 286 g/mol. The molecule has 1 atom stereocenters. The fourth-order valence-electron chi connectivity index (χ4n) is 1.94. The zero-order valence-corrected chi connectivity index (χ0v) is 11.6. The molecule has 1 saturated carbocycles. The van der Waals surface area contributed by atoms with Crippen LogP contribution in [0.5, 0.6) is 0 Å². The van der Waals surface area contributed by atoms with Gasteiger partial charge in [-0.15, -0.1) is 0 Å². The van der Waals surface area contributed by atoms with Crippen molar-refractivity contribution in [3.05, 3.63) is 18.0 Å². The molecule has 8 nitrogen and oxygen atoms in total. The Morgan fingerprint density at radius 2 is 2.10 bits per heavy atom. The van der Waals surface area contributed by atoms with Gasteiger partial charge in [-0.05, 0) is 24.8 Å². The molecule has 0 bridgehead atoms. The first-order valence-electron chi connectivity index (χ1n) is 5.93. The highest BCUT2D eigenvalue weighted by molar-refractivity contribution is 7.89. The standard InChI is InChI=1S/C11H15N3O5S/c1-14-5-7(4-8(14)10(12)15)20(18,19)13-9(11(16)17)6-2-3-6/h4-6,9,13H,2-3H2,1H3,(H2,12,15)(H,16,17). The van der Waals surface area contributed by atoms with Crippen molar-refractivity contribution in [1.82, 2.24) is 9.29 Å². The van der Waals surface area contributed by atoms with E-state index in [-0.39, 0.29) is 16.5 Å². The van der Waals surface area contributed by atoms with Crippen molar-refractivity contribution in [1.29, 1.82) is 0 Å². The van der Waals surface area contributed by atoms with Crippen LogP contribution in [0, 0.1) is 5.92 Å². The zero-order valence-electron chi connectivity index (χ0n) is 10.7. The number of nitrogens with two attached hydrogens (primary N) is 1. The molecule has 1 heterocycles. The van der Waals surface area contributed by atoms with E-state index < -0.39 is 27.9 Å². The van der Waals surface area contributed by atoms with E-state index in [1.807, 2.05) is 0 Å². The quantitative estimate of drug-likeness (QED) is 0.637. The van der Waals surface area contributed by atoms with Gasteiger partial charge >= 0.3 is 5.97 Å². The molecule has 0 aromatic carbocycles. The van der Waals surface area contributed by atoms with Crippen LogP contribution in [0.15, 0.2) is 17.2 Å². The van der Waals surface area contributed by atoms with Crippen LogP contribution >= 0.6 is 0 Å². The lowest BCUT2D eigenvalue weighted by molar-refractivity contribution is -0.139. The highest BCUT2D eigenvalue weighted by atomic mass is 32.2. The van der Waals surface area contributed by atoms with Gasteiger partial charge in [-0.3, -0.25) is 9.59 Å². The minimum atomic E-state index is -4.00. The molecule has 9 heteroatoms. The Morgan fingerprint density at radius 3 is 2.50 bits per heavy atom. The Morgan fingerprint density at radius 1 is 1.50 bits per heavy atom. The van der Waals surface area contributed by atoms with E-state index in [2.05, 4.69) is 4.72 Å². The normalized spacial score (nSPS) is 16.9. The maximum Gasteiger partial charge on any atom is 0.322 e. The van der Waals surface area contributed by atoms with Crippen molar-refractivity contribution >= 4 is 21.9 Å². The molecule has 0 spiro atoms. The van der Waals surface area contributed by atoms with Gasteiger partial charge in [0.05, 0.1) is 0 Å². The summed E-state index contributed by atoms with van der Waals surface area (Å²) in [4.78, 5) is 22.0. The van der Waals surface area contributed by atoms with Crippen molar-refractivity contribution in [3.63, 3.8) is 0 Å². The third kappa shape index (κ3) is 2.83. The molecule has 0 radical (unpaired) electrons. The van der Waals surface area contributed by atoms with Crippen LogP contribution in [0.25, 0.3) is 0 Å². The number of sulfonamides is 1. The summed E-state index contributed by atoms with van der Waals surface area (Å²) in [6, 6.07) is -0.0199. The average Bonchev–Trinajstić information content (AvgIpc) is 3.07. The third-order valence-electron chi connectivity index (χ3n) is 3.18. The fourth-order valence-corrected chi connectivity index (χ4v) is 3.27. The second-order valence-electron chi connectivity index (χ2n) is 4.81. The molecule has 4 N–H and O–H groups in total. The van der Waals surface area contributed by atoms with Crippen LogP contribution in [0.3, 0.4) is 0 Å². The van der Waals surface area contributed by atoms with Crippen molar-refractivity contribution < 1.29 is 23.1 Å². The largest absolute Gasteiger partial charge is 0.480 e. The third-order valence-corrected chi connectivity index (χ3v) is 4.59. The van der Waals surface area contributed by atoms with Gasteiger partial charge in [-0.2, -0.15) is 4.72 Å². The van der Waals surface area contributed by atoms with Gasteiger partial charge in [0.1, 0.15) is 16.6 Å². The smallest absolute Gasteiger partial charge is 0.322 e. The Kier molecular flexibility index (Phi) is 3.57. The Balaban J connectivity index is 2.28. The summed E-state index contributed by atoms with van der Waals surface area (Å²) in [6.45, 7) is 0. The number of nitrogens with one attached hydrogen (secondary N) is 1. The Hall–Kier alpha value is -1.87. The van der Waals surface area contributed by atoms with E-state index in [0.29, 0.717) is 12.8 Å². The summed E-state index contributed by atoms with van der Waals surface area (Å²) in [7, 11) is -2.52. The number of carbonyl (C=O) groups is 2. The molecule has 1 aromatic rings. The van der Waals surface area contributed by atoms with Crippen LogP contribution in [0.4, 0.5) is 0 Å². The van der Waals surface area contributed by atoms with Gasteiger partial charge in [-0.1, -0.05) is 0 Å². The second kappa shape index (κ2) is 4.91. The number of aromatic nitrogens is 1.